The molecule has 0 radical (unpaired) electrons. The van der Waals surface area contributed by atoms with Crippen LogP contribution >= 0.6 is 0 Å². The summed E-state index contributed by atoms with van der Waals surface area (Å²) in [7, 11) is 0. The predicted octanol–water partition coefficient (Wildman–Crippen LogP) is 3.00. The maximum atomic E-state index is 12.7. The van der Waals surface area contributed by atoms with E-state index in [2.05, 4.69) is 20.6 Å². The van der Waals surface area contributed by atoms with Crippen LogP contribution in [0.25, 0.3) is 0 Å². The Morgan fingerprint density at radius 2 is 2.16 bits per heavy atom. The van der Waals surface area contributed by atoms with Gasteiger partial charge in [0.05, 0.1) is 24.0 Å². The Bertz CT molecular complexity index is 1180. The highest BCUT2D eigenvalue weighted by atomic mass is 16.1. The summed E-state index contributed by atoms with van der Waals surface area (Å²) in [6, 6.07) is 11.1. The van der Waals surface area contributed by atoms with Crippen molar-refractivity contribution in [3.63, 3.8) is 0 Å². The molecule has 1 saturated heterocycles. The van der Waals surface area contributed by atoms with Crippen LogP contribution in [0.3, 0.4) is 0 Å². The van der Waals surface area contributed by atoms with Gasteiger partial charge < -0.3 is 10.6 Å². The second-order valence-corrected chi connectivity index (χ2v) is 8.26. The first kappa shape index (κ1) is 20.4. The van der Waals surface area contributed by atoms with Gasteiger partial charge in [-0.15, -0.1) is 4.59 Å². The number of quaternary nitrogens is 1. The zero-order valence-corrected chi connectivity index (χ0v) is 18.0. The smallest absolute Gasteiger partial charge is 0.265 e. The van der Waals surface area contributed by atoms with Gasteiger partial charge in [-0.05, 0) is 62.2 Å². The average Bonchev–Trinajstić information content (AvgIpc) is 3.13. The van der Waals surface area contributed by atoms with Crippen molar-refractivity contribution < 1.29 is 9.39 Å². The normalized spacial score (nSPS) is 24.3. The van der Waals surface area contributed by atoms with E-state index in [1.54, 1.807) is 24.5 Å². The molecule has 4 N–H and O–H groups in total. The molecule has 1 fully saturated rings. The molecule has 0 spiro atoms. The number of anilines is 1. The number of aryl methyl sites for hydroxylation is 1. The van der Waals surface area contributed by atoms with Crippen LogP contribution in [-0.4, -0.2) is 40.1 Å². The van der Waals surface area contributed by atoms with Crippen LogP contribution < -0.4 is 16.5 Å². The Morgan fingerprint density at radius 1 is 1.25 bits per heavy atom. The standard InChI is InChI=1S/C24H25N7O/c1-16-14-17(24(32)29-21-7-3-5-11-28-21)8-9-18(16)23-30-22(19-6-2-4-10-27-19)20-15-26-12-13-31(20,23)25/h3,5,7-9,11-15,19,27H,2,4,6,10,25H2,1H3/p+1/t19-,31?/m0/s1. The third-order valence-corrected chi connectivity index (χ3v) is 6.10. The highest BCUT2D eigenvalue weighted by molar-refractivity contribution is 6.06. The summed E-state index contributed by atoms with van der Waals surface area (Å²) in [6.45, 7) is 2.95. The van der Waals surface area contributed by atoms with Crippen molar-refractivity contribution in [1.29, 1.82) is 0 Å². The molecular weight excluding hydrogens is 402 g/mol. The summed E-state index contributed by atoms with van der Waals surface area (Å²) in [5.41, 5.74) is 4.22. The van der Waals surface area contributed by atoms with Crippen LogP contribution in [0, 0.1) is 6.92 Å². The van der Waals surface area contributed by atoms with Gasteiger partial charge in [-0.1, -0.05) is 12.5 Å². The number of nitrogens with one attached hydrogen (secondary N) is 2. The lowest BCUT2D eigenvalue weighted by Gasteiger charge is -2.28. The molecule has 8 nitrogen and oxygen atoms in total. The highest BCUT2D eigenvalue weighted by Crippen LogP contribution is 2.35. The second kappa shape index (κ2) is 8.23. The van der Waals surface area contributed by atoms with Gasteiger partial charge in [0, 0.05) is 11.8 Å². The number of aromatic nitrogens is 1. The summed E-state index contributed by atoms with van der Waals surface area (Å²) >= 11 is 0. The molecule has 3 aliphatic heterocycles. The van der Waals surface area contributed by atoms with E-state index in [9.17, 15) is 4.79 Å². The van der Waals surface area contributed by atoms with Gasteiger partial charge in [-0.25, -0.2) is 4.98 Å². The van der Waals surface area contributed by atoms with Crippen molar-refractivity contribution in [2.24, 2.45) is 15.8 Å². The fourth-order valence-corrected chi connectivity index (χ4v) is 4.41. The van der Waals surface area contributed by atoms with Crippen molar-refractivity contribution in [2.45, 2.75) is 32.2 Å². The lowest BCUT2D eigenvalue weighted by Crippen LogP contribution is -2.53. The topological polar surface area (TPSA) is 105 Å². The Labute approximate surface area is 186 Å². The Morgan fingerprint density at radius 3 is 2.91 bits per heavy atom. The number of allylic oxidation sites excluding steroid dienone is 1. The lowest BCUT2D eigenvalue weighted by atomic mass is 10.0. The molecule has 1 amide bonds. The molecule has 5 rings (SSSR count). The number of hydrogen-bond donors (Lipinski definition) is 3. The molecule has 2 atom stereocenters. The number of fused-ring (bicyclic) bond motifs is 1. The molecule has 0 saturated carbocycles. The second-order valence-electron chi connectivity index (χ2n) is 8.26. The summed E-state index contributed by atoms with van der Waals surface area (Å²) in [5, 5.41) is 6.39. The minimum atomic E-state index is -0.209. The van der Waals surface area contributed by atoms with Crippen LogP contribution in [0.5, 0.6) is 0 Å². The van der Waals surface area contributed by atoms with E-state index in [1.807, 2.05) is 43.6 Å². The first-order valence-electron chi connectivity index (χ1n) is 10.9. The number of carbonyl (C=O) groups excluding carboxylic acids is 1. The molecular formula is C24H26N7O+. The fraction of sp³-hybridized carbons (Fsp3) is 0.250. The number of benzene rings is 1. The van der Waals surface area contributed by atoms with E-state index in [0.717, 1.165) is 47.7 Å². The monoisotopic (exact) mass is 428 g/mol. The number of piperidine rings is 1. The number of carbonyl (C=O) groups is 1. The molecule has 162 valence electrons. The first-order valence-corrected chi connectivity index (χ1v) is 10.9. The van der Waals surface area contributed by atoms with E-state index >= 15 is 0 Å². The number of aliphatic imine (C=N–C) groups is 2. The van der Waals surface area contributed by atoms with Crippen molar-refractivity contribution in [1.82, 2.24) is 10.3 Å². The molecule has 1 unspecified atom stereocenters. The van der Waals surface area contributed by atoms with E-state index in [1.165, 1.54) is 6.42 Å². The number of rotatable bonds is 4. The molecule has 1 aromatic heterocycles. The number of nitrogens with two attached hydrogens (primary N) is 1. The minimum Gasteiger partial charge on any atom is -0.308 e. The molecule has 4 heterocycles. The van der Waals surface area contributed by atoms with Crippen LogP contribution in [0.4, 0.5) is 5.82 Å². The van der Waals surface area contributed by atoms with Crippen molar-refractivity contribution >= 4 is 23.8 Å². The SMILES string of the molecule is Cc1cc(C(=O)Nc2ccccn2)ccc1C1=NC([C@@H]2CCCCN2)=C2C=NC=C[N+]12N. The first-order chi connectivity index (χ1) is 15.6. The van der Waals surface area contributed by atoms with Crippen LogP contribution in [0.15, 0.2) is 76.4 Å². The molecule has 32 heavy (non-hydrogen) atoms. The fourth-order valence-electron chi connectivity index (χ4n) is 4.41. The molecule has 0 bridgehead atoms. The number of hydrogen-bond acceptors (Lipinski definition) is 6. The zero-order chi connectivity index (χ0) is 22.1. The van der Waals surface area contributed by atoms with E-state index in [-0.39, 0.29) is 16.5 Å². The van der Waals surface area contributed by atoms with Gasteiger partial charge in [0.1, 0.15) is 17.7 Å². The van der Waals surface area contributed by atoms with Gasteiger partial charge in [0.15, 0.2) is 0 Å². The van der Waals surface area contributed by atoms with Gasteiger partial charge in [0.25, 0.3) is 11.7 Å². The lowest BCUT2D eigenvalue weighted by molar-refractivity contribution is -0.750. The maximum absolute atomic E-state index is 12.7. The van der Waals surface area contributed by atoms with Crippen LogP contribution in [0.1, 0.15) is 40.7 Å². The molecule has 2 aromatic rings. The number of amides is 1. The van der Waals surface area contributed by atoms with Gasteiger partial charge in [-0.2, -0.15) is 10.8 Å². The number of amidine groups is 1. The largest absolute Gasteiger partial charge is 0.308 e. The molecule has 1 aromatic carbocycles. The zero-order valence-electron chi connectivity index (χ0n) is 18.0. The highest BCUT2D eigenvalue weighted by Gasteiger charge is 2.46. The third kappa shape index (κ3) is 3.58. The van der Waals surface area contributed by atoms with E-state index in [4.69, 9.17) is 10.8 Å². The summed E-state index contributed by atoms with van der Waals surface area (Å²) in [5.74, 6) is 7.90. The number of pyridine rings is 1. The van der Waals surface area contributed by atoms with Crippen LogP contribution in [0.2, 0.25) is 0 Å². The van der Waals surface area contributed by atoms with Gasteiger partial charge in [0.2, 0.25) is 5.70 Å². The third-order valence-electron chi connectivity index (χ3n) is 6.10. The molecule has 0 aliphatic carbocycles. The van der Waals surface area contributed by atoms with Gasteiger partial charge in [-0.3, -0.25) is 9.79 Å². The summed E-state index contributed by atoms with van der Waals surface area (Å²) in [4.78, 5) is 26.2. The van der Waals surface area contributed by atoms with Crippen LogP contribution in [-0.2, 0) is 0 Å². The molecule has 3 aliphatic rings. The average molecular weight is 429 g/mol. The van der Waals surface area contributed by atoms with E-state index in [0.29, 0.717) is 11.4 Å². The summed E-state index contributed by atoms with van der Waals surface area (Å²) < 4.78 is -0.0165. The van der Waals surface area contributed by atoms with E-state index < -0.39 is 0 Å². The Hall–Kier alpha value is -3.46. The minimum absolute atomic E-state index is 0.0165. The maximum Gasteiger partial charge on any atom is 0.265 e. The van der Waals surface area contributed by atoms with Crippen molar-refractivity contribution in [2.75, 3.05) is 11.9 Å². The Kier molecular flexibility index (Phi) is 5.26. The number of nitrogens with zero attached hydrogens (tertiary/aromatic N) is 4. The van der Waals surface area contributed by atoms with Crippen molar-refractivity contribution in [3.8, 4) is 0 Å². The predicted molar refractivity (Wildman–Crippen MR) is 125 cm³/mol. The summed E-state index contributed by atoms with van der Waals surface area (Å²) in [6.07, 6.45) is 10.4. The Balaban J connectivity index is 1.47. The van der Waals surface area contributed by atoms with Gasteiger partial charge >= 0.3 is 0 Å². The quantitative estimate of drug-likeness (QED) is 0.514. The molecule has 8 heteroatoms. The van der Waals surface area contributed by atoms with Crippen molar-refractivity contribution in [3.05, 3.63) is 83.1 Å².